The van der Waals surface area contributed by atoms with E-state index >= 15 is 0 Å². The van der Waals surface area contributed by atoms with E-state index in [-0.39, 0.29) is 17.7 Å². The summed E-state index contributed by atoms with van der Waals surface area (Å²) < 4.78 is 0. The smallest absolute Gasteiger partial charge is 0.220 e. The number of hydrogen-bond donors (Lipinski definition) is 3. The summed E-state index contributed by atoms with van der Waals surface area (Å²) in [5, 5.41) is 19.7. The Morgan fingerprint density at radius 3 is 2.64 bits per heavy atom. The third-order valence-electron chi connectivity index (χ3n) is 4.21. The van der Waals surface area contributed by atoms with E-state index in [0.717, 1.165) is 32.1 Å². The van der Waals surface area contributed by atoms with Gasteiger partial charge in [0.2, 0.25) is 11.9 Å². The summed E-state index contributed by atoms with van der Waals surface area (Å²) in [6.45, 7) is 0. The lowest BCUT2D eigenvalue weighted by molar-refractivity contribution is 0.303. The number of hydrogen-bond acceptors (Lipinski definition) is 7. The van der Waals surface area contributed by atoms with E-state index in [1.54, 1.807) is 17.0 Å². The molecule has 7 heteroatoms. The number of nitrogens with two attached hydrogens (primary N) is 2. The van der Waals surface area contributed by atoms with Gasteiger partial charge in [0.25, 0.3) is 0 Å². The van der Waals surface area contributed by atoms with Crippen molar-refractivity contribution in [3.8, 4) is 11.8 Å². The van der Waals surface area contributed by atoms with E-state index in [2.05, 4.69) is 16.1 Å². The van der Waals surface area contributed by atoms with Crippen LogP contribution < -0.4 is 16.4 Å². The summed E-state index contributed by atoms with van der Waals surface area (Å²) in [6, 6.07) is 6.89. The average molecular weight is 298 g/mol. The quantitative estimate of drug-likeness (QED) is 0.722. The molecule has 0 radical (unpaired) electrons. The van der Waals surface area contributed by atoms with Crippen LogP contribution in [0.2, 0.25) is 0 Å². The van der Waals surface area contributed by atoms with Gasteiger partial charge < -0.3 is 16.6 Å². The Morgan fingerprint density at radius 2 is 1.95 bits per heavy atom. The van der Waals surface area contributed by atoms with E-state index in [1.165, 1.54) is 6.07 Å². The molecule has 0 aromatic heterocycles. The largest absolute Gasteiger partial charge is 0.506 e. The van der Waals surface area contributed by atoms with Gasteiger partial charge in [0.15, 0.2) is 0 Å². The number of nitriles is 1. The molecule has 1 aromatic carbocycles. The molecule has 1 aliphatic carbocycles. The third-order valence-corrected chi connectivity index (χ3v) is 4.21. The van der Waals surface area contributed by atoms with Crippen LogP contribution in [-0.4, -0.2) is 22.7 Å². The molecule has 1 aliphatic heterocycles. The Hall–Kier alpha value is -2.75. The fourth-order valence-electron chi connectivity index (χ4n) is 3.30. The van der Waals surface area contributed by atoms with E-state index in [1.807, 2.05) is 0 Å². The highest BCUT2D eigenvalue weighted by Crippen LogP contribution is 2.43. The number of rotatable bonds is 1. The van der Waals surface area contributed by atoms with Crippen molar-refractivity contribution in [2.45, 2.75) is 37.8 Å². The monoisotopic (exact) mass is 298 g/mol. The van der Waals surface area contributed by atoms with Gasteiger partial charge in [-0.05, 0) is 37.8 Å². The zero-order valence-corrected chi connectivity index (χ0v) is 12.2. The second kappa shape index (κ2) is 5.22. The van der Waals surface area contributed by atoms with Crippen molar-refractivity contribution in [1.29, 1.82) is 5.26 Å². The Kier molecular flexibility index (Phi) is 3.37. The molecule has 1 saturated carbocycles. The minimum Gasteiger partial charge on any atom is -0.506 e. The normalized spacial score (nSPS) is 20.2. The van der Waals surface area contributed by atoms with Crippen molar-refractivity contribution in [3.63, 3.8) is 0 Å². The van der Waals surface area contributed by atoms with Crippen LogP contribution in [0.1, 0.15) is 37.7 Å². The van der Waals surface area contributed by atoms with Gasteiger partial charge in [0.05, 0.1) is 5.56 Å². The van der Waals surface area contributed by atoms with Gasteiger partial charge in [-0.2, -0.15) is 10.3 Å². The second-order valence-corrected chi connectivity index (χ2v) is 5.60. The lowest BCUT2D eigenvalue weighted by atomic mass is 9.87. The average Bonchev–Trinajstić information content (AvgIpc) is 2.48. The van der Waals surface area contributed by atoms with Crippen LogP contribution in [0, 0.1) is 11.3 Å². The Bertz CT molecular complexity index is 696. The summed E-state index contributed by atoms with van der Waals surface area (Å²) in [5.41, 5.74) is 11.9. The summed E-state index contributed by atoms with van der Waals surface area (Å²) in [6.07, 6.45) is 4.59. The number of aliphatic imine (C=N–C) groups is 2. The molecule has 114 valence electrons. The molecule has 1 spiro atoms. The van der Waals surface area contributed by atoms with Crippen LogP contribution in [0.3, 0.4) is 0 Å². The zero-order chi connectivity index (χ0) is 15.7. The molecule has 3 rings (SSSR count). The predicted molar refractivity (Wildman–Crippen MR) is 84.4 cm³/mol. The Labute approximate surface area is 128 Å². The van der Waals surface area contributed by atoms with E-state index in [4.69, 9.17) is 11.5 Å². The van der Waals surface area contributed by atoms with E-state index in [0.29, 0.717) is 11.3 Å². The summed E-state index contributed by atoms with van der Waals surface area (Å²) >= 11 is 0. The van der Waals surface area contributed by atoms with E-state index in [9.17, 15) is 10.4 Å². The first-order valence-electron chi connectivity index (χ1n) is 7.29. The fourth-order valence-corrected chi connectivity index (χ4v) is 3.30. The van der Waals surface area contributed by atoms with Gasteiger partial charge in [-0.25, -0.2) is 4.99 Å². The first-order chi connectivity index (χ1) is 10.6. The lowest BCUT2D eigenvalue weighted by Gasteiger charge is -2.45. The highest BCUT2D eigenvalue weighted by Gasteiger charge is 2.44. The zero-order valence-electron chi connectivity index (χ0n) is 12.2. The van der Waals surface area contributed by atoms with Crippen molar-refractivity contribution in [2.75, 3.05) is 4.90 Å². The maximum atomic E-state index is 10.3. The van der Waals surface area contributed by atoms with E-state index < -0.39 is 5.66 Å². The SMILES string of the molecule is N#Cc1cccc(O)c1N1C(N)=NC(N)=NC12CCCCC2. The number of para-hydroxylation sites is 1. The second-order valence-electron chi connectivity index (χ2n) is 5.60. The maximum absolute atomic E-state index is 10.3. The molecule has 1 heterocycles. The summed E-state index contributed by atoms with van der Waals surface area (Å²) in [5.74, 6) is 0.287. The number of aromatic hydroxyl groups is 1. The highest BCUT2D eigenvalue weighted by molar-refractivity contribution is 6.07. The van der Waals surface area contributed by atoms with Crippen molar-refractivity contribution in [1.82, 2.24) is 0 Å². The molecular formula is C15H18N6O. The molecule has 0 unspecified atom stereocenters. The number of guanidine groups is 2. The molecular weight excluding hydrogens is 280 g/mol. The number of nitrogens with zero attached hydrogens (tertiary/aromatic N) is 4. The van der Waals surface area contributed by atoms with Gasteiger partial charge >= 0.3 is 0 Å². The standard InChI is InChI=1S/C15H18N6O/c16-9-10-5-4-6-11(22)12(10)21-14(18)19-13(17)20-15(21)7-2-1-3-8-15/h4-6,22H,1-3,7-8H2,(H4,17,18,19,20). The number of anilines is 1. The summed E-state index contributed by atoms with van der Waals surface area (Å²) in [7, 11) is 0. The Balaban J connectivity index is 2.19. The molecule has 1 fully saturated rings. The van der Waals surface area contributed by atoms with Gasteiger partial charge in [-0.15, -0.1) is 0 Å². The van der Waals surface area contributed by atoms with Crippen molar-refractivity contribution < 1.29 is 5.11 Å². The molecule has 2 aliphatic rings. The molecule has 7 nitrogen and oxygen atoms in total. The van der Waals surface area contributed by atoms with Crippen LogP contribution in [-0.2, 0) is 0 Å². The van der Waals surface area contributed by atoms with Crippen molar-refractivity contribution in [3.05, 3.63) is 23.8 Å². The highest BCUT2D eigenvalue weighted by atomic mass is 16.3. The third kappa shape index (κ3) is 2.13. The first-order valence-corrected chi connectivity index (χ1v) is 7.29. The van der Waals surface area contributed by atoms with Crippen molar-refractivity contribution in [2.24, 2.45) is 21.5 Å². The van der Waals surface area contributed by atoms with Gasteiger partial charge in [-0.1, -0.05) is 12.5 Å². The van der Waals surface area contributed by atoms with Gasteiger partial charge in [0.1, 0.15) is 23.2 Å². The van der Waals surface area contributed by atoms with Crippen LogP contribution >= 0.6 is 0 Å². The minimum atomic E-state index is -0.668. The molecule has 1 aromatic rings. The maximum Gasteiger partial charge on any atom is 0.220 e. The molecule has 0 atom stereocenters. The molecule has 0 bridgehead atoms. The molecule has 0 amide bonds. The minimum absolute atomic E-state index is 0.0159. The molecule has 5 N–H and O–H groups in total. The Morgan fingerprint density at radius 1 is 1.23 bits per heavy atom. The molecule has 0 saturated heterocycles. The first kappa shape index (κ1) is 14.2. The van der Waals surface area contributed by atoms with Gasteiger partial charge in [0, 0.05) is 0 Å². The fraction of sp³-hybridized carbons (Fsp3) is 0.400. The van der Waals surface area contributed by atoms with Gasteiger partial charge in [-0.3, -0.25) is 4.90 Å². The summed E-state index contributed by atoms with van der Waals surface area (Å²) in [4.78, 5) is 10.2. The van der Waals surface area contributed by atoms with Crippen LogP contribution in [0.5, 0.6) is 5.75 Å². The van der Waals surface area contributed by atoms with Crippen LogP contribution in [0.15, 0.2) is 28.2 Å². The number of benzene rings is 1. The molecule has 22 heavy (non-hydrogen) atoms. The topological polar surface area (TPSA) is 124 Å². The predicted octanol–water partition coefficient (Wildman–Crippen LogP) is 1.37. The number of phenols is 1. The lowest BCUT2D eigenvalue weighted by Crippen LogP contribution is -2.58. The van der Waals surface area contributed by atoms with Crippen LogP contribution in [0.4, 0.5) is 5.69 Å². The van der Waals surface area contributed by atoms with Crippen LogP contribution in [0.25, 0.3) is 0 Å². The number of phenolic OH excluding ortho intramolecular Hbond substituents is 1. The van der Waals surface area contributed by atoms with Crippen molar-refractivity contribution >= 4 is 17.6 Å².